The summed E-state index contributed by atoms with van der Waals surface area (Å²) in [7, 11) is 0. The number of hydrogen-bond donors (Lipinski definition) is 2. The Hall–Kier alpha value is -0.860. The zero-order valence-corrected chi connectivity index (χ0v) is 10.7. The molecule has 0 aromatic heterocycles. The summed E-state index contributed by atoms with van der Waals surface area (Å²) < 4.78 is 0. The van der Waals surface area contributed by atoms with Gasteiger partial charge in [0, 0.05) is 13.2 Å². The molecule has 1 aromatic carbocycles. The van der Waals surface area contributed by atoms with Crippen molar-refractivity contribution in [2.75, 3.05) is 13.2 Å². The molecule has 1 atom stereocenters. The normalized spacial score (nSPS) is 17.1. The second kappa shape index (κ2) is 6.18. The van der Waals surface area contributed by atoms with Gasteiger partial charge in [0.05, 0.1) is 0 Å². The van der Waals surface area contributed by atoms with Gasteiger partial charge in [-0.2, -0.15) is 0 Å². The molecule has 2 rings (SSSR count). The Balaban J connectivity index is 1.82. The van der Waals surface area contributed by atoms with Crippen molar-refractivity contribution < 1.29 is 5.11 Å². The predicted molar refractivity (Wildman–Crippen MR) is 71.0 cm³/mol. The van der Waals surface area contributed by atoms with E-state index in [0.717, 1.165) is 25.4 Å². The Morgan fingerprint density at radius 2 is 2.12 bits per heavy atom. The van der Waals surface area contributed by atoms with Gasteiger partial charge in [0.2, 0.25) is 0 Å². The molecule has 0 saturated heterocycles. The highest BCUT2D eigenvalue weighted by Gasteiger charge is 2.25. The highest BCUT2D eigenvalue weighted by atomic mass is 16.3. The van der Waals surface area contributed by atoms with Crippen LogP contribution in [0.15, 0.2) is 24.3 Å². The number of rotatable bonds is 7. The molecule has 1 unspecified atom stereocenters. The topological polar surface area (TPSA) is 32.3 Å². The lowest BCUT2D eigenvalue weighted by molar-refractivity contribution is 0.260. The number of aliphatic hydroxyl groups is 1. The van der Waals surface area contributed by atoms with Gasteiger partial charge >= 0.3 is 0 Å². The van der Waals surface area contributed by atoms with Crippen molar-refractivity contribution in [3.8, 4) is 0 Å². The minimum absolute atomic E-state index is 0.293. The lowest BCUT2D eigenvalue weighted by Crippen LogP contribution is -2.21. The van der Waals surface area contributed by atoms with Gasteiger partial charge in [0.25, 0.3) is 0 Å². The van der Waals surface area contributed by atoms with Crippen molar-refractivity contribution >= 4 is 0 Å². The van der Waals surface area contributed by atoms with Crippen molar-refractivity contribution in [1.82, 2.24) is 5.32 Å². The van der Waals surface area contributed by atoms with Gasteiger partial charge in [0.15, 0.2) is 0 Å². The fourth-order valence-electron chi connectivity index (χ4n) is 2.26. The lowest BCUT2D eigenvalue weighted by Gasteiger charge is -2.13. The molecule has 0 radical (unpaired) electrons. The fourth-order valence-corrected chi connectivity index (χ4v) is 2.26. The number of benzene rings is 1. The summed E-state index contributed by atoms with van der Waals surface area (Å²) in [4.78, 5) is 0. The van der Waals surface area contributed by atoms with E-state index in [1.807, 2.05) is 0 Å². The number of aliphatic hydroxyl groups excluding tert-OH is 1. The van der Waals surface area contributed by atoms with Gasteiger partial charge in [-0.3, -0.25) is 0 Å². The van der Waals surface area contributed by atoms with E-state index < -0.39 is 0 Å². The Morgan fingerprint density at radius 3 is 2.82 bits per heavy atom. The summed E-state index contributed by atoms with van der Waals surface area (Å²) in [5.41, 5.74) is 2.99. The number of nitrogens with one attached hydrogen (secondary N) is 1. The largest absolute Gasteiger partial charge is 0.396 e. The van der Waals surface area contributed by atoms with Crippen LogP contribution in [0, 0.1) is 5.92 Å². The zero-order chi connectivity index (χ0) is 12.1. The monoisotopic (exact) mass is 233 g/mol. The van der Waals surface area contributed by atoms with Crippen LogP contribution >= 0.6 is 0 Å². The lowest BCUT2D eigenvalue weighted by atomic mass is 10.0. The Bertz CT molecular complexity index is 347. The molecule has 94 valence electrons. The minimum Gasteiger partial charge on any atom is -0.396 e. The van der Waals surface area contributed by atoms with Crippen LogP contribution in [-0.2, 0) is 6.54 Å². The van der Waals surface area contributed by atoms with Gasteiger partial charge in [0.1, 0.15) is 0 Å². The van der Waals surface area contributed by atoms with Gasteiger partial charge in [-0.1, -0.05) is 31.2 Å². The zero-order valence-electron chi connectivity index (χ0n) is 10.7. The first-order chi connectivity index (χ1) is 8.31. The fraction of sp³-hybridized carbons (Fsp3) is 0.600. The second-order valence-electron chi connectivity index (χ2n) is 5.22. The maximum absolute atomic E-state index is 8.85. The molecule has 0 heterocycles. The molecular weight excluding hydrogens is 210 g/mol. The summed E-state index contributed by atoms with van der Waals surface area (Å²) >= 11 is 0. The molecule has 17 heavy (non-hydrogen) atoms. The smallest absolute Gasteiger partial charge is 0.0434 e. The van der Waals surface area contributed by atoms with Crippen LogP contribution in [-0.4, -0.2) is 18.3 Å². The summed E-state index contributed by atoms with van der Waals surface area (Å²) in [6.45, 7) is 4.42. The van der Waals surface area contributed by atoms with E-state index in [-0.39, 0.29) is 0 Å². The maximum Gasteiger partial charge on any atom is 0.0434 e. The van der Waals surface area contributed by atoms with Crippen LogP contribution in [0.5, 0.6) is 0 Å². The molecule has 2 nitrogen and oxygen atoms in total. The Labute approximate surface area is 104 Å². The molecule has 1 fully saturated rings. The molecule has 2 N–H and O–H groups in total. The molecule has 1 saturated carbocycles. The standard InChI is InChI=1S/C15H23NO/c1-12(8-9-17)10-16-11-14-4-2-3-5-15(14)13-6-7-13/h2-5,12-13,16-17H,6-11H2,1H3. The number of hydrogen-bond acceptors (Lipinski definition) is 2. The van der Waals surface area contributed by atoms with Crippen molar-refractivity contribution in [2.45, 2.75) is 38.6 Å². The highest BCUT2D eigenvalue weighted by molar-refractivity contribution is 5.33. The van der Waals surface area contributed by atoms with Gasteiger partial charge in [-0.05, 0) is 48.8 Å². The molecule has 0 amide bonds. The average molecular weight is 233 g/mol. The van der Waals surface area contributed by atoms with Gasteiger partial charge < -0.3 is 10.4 Å². The van der Waals surface area contributed by atoms with Gasteiger partial charge in [-0.15, -0.1) is 0 Å². The molecule has 1 aliphatic carbocycles. The first kappa shape index (κ1) is 12.6. The Morgan fingerprint density at radius 1 is 1.35 bits per heavy atom. The molecule has 2 heteroatoms. The van der Waals surface area contributed by atoms with Crippen LogP contribution in [0.1, 0.15) is 43.2 Å². The third kappa shape index (κ3) is 3.83. The van der Waals surface area contributed by atoms with E-state index in [9.17, 15) is 0 Å². The SMILES string of the molecule is CC(CCO)CNCc1ccccc1C1CC1. The van der Waals surface area contributed by atoms with E-state index >= 15 is 0 Å². The maximum atomic E-state index is 8.85. The third-order valence-electron chi connectivity index (χ3n) is 3.50. The van der Waals surface area contributed by atoms with Crippen molar-refractivity contribution in [1.29, 1.82) is 0 Å². The van der Waals surface area contributed by atoms with Crippen LogP contribution in [0.2, 0.25) is 0 Å². The van der Waals surface area contributed by atoms with E-state index in [4.69, 9.17) is 5.11 Å². The van der Waals surface area contributed by atoms with Crippen molar-refractivity contribution in [3.05, 3.63) is 35.4 Å². The van der Waals surface area contributed by atoms with Crippen molar-refractivity contribution in [2.24, 2.45) is 5.92 Å². The van der Waals surface area contributed by atoms with E-state index in [1.54, 1.807) is 0 Å². The van der Waals surface area contributed by atoms with Crippen LogP contribution in [0.3, 0.4) is 0 Å². The summed E-state index contributed by atoms with van der Waals surface area (Å²) in [6.07, 6.45) is 3.60. The van der Waals surface area contributed by atoms with E-state index in [0.29, 0.717) is 12.5 Å². The quantitative estimate of drug-likeness (QED) is 0.759. The second-order valence-corrected chi connectivity index (χ2v) is 5.22. The molecule has 1 aliphatic rings. The van der Waals surface area contributed by atoms with Crippen LogP contribution in [0.4, 0.5) is 0 Å². The summed E-state index contributed by atoms with van der Waals surface area (Å²) in [5, 5.41) is 12.3. The van der Waals surface area contributed by atoms with Gasteiger partial charge in [-0.25, -0.2) is 0 Å². The third-order valence-corrected chi connectivity index (χ3v) is 3.50. The van der Waals surface area contributed by atoms with E-state index in [1.165, 1.54) is 24.0 Å². The summed E-state index contributed by atoms with van der Waals surface area (Å²) in [5.74, 6) is 1.37. The highest BCUT2D eigenvalue weighted by Crippen LogP contribution is 2.41. The predicted octanol–water partition coefficient (Wildman–Crippen LogP) is 2.67. The first-order valence-corrected chi connectivity index (χ1v) is 6.70. The summed E-state index contributed by atoms with van der Waals surface area (Å²) in [6, 6.07) is 8.77. The van der Waals surface area contributed by atoms with Crippen LogP contribution < -0.4 is 5.32 Å². The molecule has 0 aliphatic heterocycles. The molecule has 0 spiro atoms. The van der Waals surface area contributed by atoms with Crippen LogP contribution in [0.25, 0.3) is 0 Å². The molecular formula is C15H23NO. The Kier molecular flexibility index (Phi) is 4.57. The van der Waals surface area contributed by atoms with Crippen molar-refractivity contribution in [3.63, 3.8) is 0 Å². The average Bonchev–Trinajstić information content (AvgIpc) is 3.14. The molecule has 0 bridgehead atoms. The van der Waals surface area contributed by atoms with E-state index in [2.05, 4.69) is 36.5 Å². The first-order valence-electron chi connectivity index (χ1n) is 6.70. The minimum atomic E-state index is 0.293. The molecule has 1 aromatic rings.